The van der Waals surface area contributed by atoms with E-state index in [0.717, 1.165) is 24.6 Å². The highest BCUT2D eigenvalue weighted by molar-refractivity contribution is 7.87. The molecule has 6 heteroatoms. The molecule has 1 heterocycles. The van der Waals surface area contributed by atoms with Gasteiger partial charge in [0.25, 0.3) is 10.2 Å². The van der Waals surface area contributed by atoms with Crippen LogP contribution >= 0.6 is 0 Å². The highest BCUT2D eigenvalue weighted by Crippen LogP contribution is 2.26. The third-order valence-electron chi connectivity index (χ3n) is 4.30. The molecule has 0 spiro atoms. The van der Waals surface area contributed by atoms with Crippen molar-refractivity contribution >= 4 is 10.2 Å². The molecule has 1 unspecified atom stereocenters. The Bertz CT molecular complexity index is 567. The Balaban J connectivity index is 2.08. The van der Waals surface area contributed by atoms with Crippen molar-refractivity contribution in [3.63, 3.8) is 0 Å². The summed E-state index contributed by atoms with van der Waals surface area (Å²) in [5, 5.41) is 0. The Morgan fingerprint density at radius 1 is 1.17 bits per heavy atom. The molecule has 0 saturated carbocycles. The van der Waals surface area contributed by atoms with Crippen molar-refractivity contribution in [1.82, 2.24) is 14.3 Å². The lowest BCUT2D eigenvalue weighted by atomic mass is 9.96. The average molecular weight is 340 g/mol. The lowest BCUT2D eigenvalue weighted by Crippen LogP contribution is -2.46. The van der Waals surface area contributed by atoms with Gasteiger partial charge in [0, 0.05) is 18.6 Å². The van der Waals surface area contributed by atoms with Gasteiger partial charge >= 0.3 is 0 Å². The Morgan fingerprint density at radius 3 is 2.35 bits per heavy atom. The number of hydrogen-bond donors (Lipinski definition) is 2. The second kappa shape index (κ2) is 8.24. The van der Waals surface area contributed by atoms with Crippen LogP contribution in [0, 0.1) is 5.92 Å². The standard InChI is InChI=1S/C17H29N3O2S/c1-14(2)19-23(21,22)18-13-17(16-7-5-4-6-8-16)20-11-9-15(3)10-12-20/h4-8,14-15,17-19H,9-13H2,1-3H3. The fourth-order valence-electron chi connectivity index (χ4n) is 3.01. The van der Waals surface area contributed by atoms with Crippen LogP contribution in [0.15, 0.2) is 30.3 Å². The van der Waals surface area contributed by atoms with E-state index < -0.39 is 10.2 Å². The second-order valence-electron chi connectivity index (χ2n) is 6.77. The molecule has 0 aliphatic carbocycles. The van der Waals surface area contributed by atoms with E-state index >= 15 is 0 Å². The number of rotatable bonds is 7. The number of piperidine rings is 1. The molecular weight excluding hydrogens is 310 g/mol. The summed E-state index contributed by atoms with van der Waals surface area (Å²) in [6.07, 6.45) is 2.33. The molecule has 5 nitrogen and oxygen atoms in total. The van der Waals surface area contributed by atoms with Gasteiger partial charge in [-0.05, 0) is 51.3 Å². The molecule has 23 heavy (non-hydrogen) atoms. The van der Waals surface area contributed by atoms with E-state index in [1.54, 1.807) is 0 Å². The first-order chi connectivity index (χ1) is 10.9. The van der Waals surface area contributed by atoms with E-state index in [1.807, 2.05) is 32.0 Å². The first-order valence-corrected chi connectivity index (χ1v) is 9.91. The predicted octanol–water partition coefficient (Wildman–Crippen LogP) is 2.29. The molecule has 1 saturated heterocycles. The summed E-state index contributed by atoms with van der Waals surface area (Å²) in [5.74, 6) is 0.752. The van der Waals surface area contributed by atoms with E-state index in [1.165, 1.54) is 12.8 Å². The maximum atomic E-state index is 12.1. The van der Waals surface area contributed by atoms with Crippen molar-refractivity contribution in [1.29, 1.82) is 0 Å². The van der Waals surface area contributed by atoms with E-state index in [-0.39, 0.29) is 12.1 Å². The molecule has 130 valence electrons. The van der Waals surface area contributed by atoms with Crippen LogP contribution < -0.4 is 9.44 Å². The molecule has 1 aromatic carbocycles. The predicted molar refractivity (Wildman–Crippen MR) is 94.3 cm³/mol. The summed E-state index contributed by atoms with van der Waals surface area (Å²) in [7, 11) is -3.46. The van der Waals surface area contributed by atoms with Gasteiger partial charge in [0.2, 0.25) is 0 Å². The van der Waals surface area contributed by atoms with Gasteiger partial charge in [0.15, 0.2) is 0 Å². The Hall–Kier alpha value is -0.950. The van der Waals surface area contributed by atoms with Crippen LogP contribution in [0.5, 0.6) is 0 Å². The number of nitrogens with one attached hydrogen (secondary N) is 2. The van der Waals surface area contributed by atoms with Crippen molar-refractivity contribution in [2.75, 3.05) is 19.6 Å². The molecular formula is C17H29N3O2S. The van der Waals surface area contributed by atoms with Crippen molar-refractivity contribution < 1.29 is 8.42 Å². The fourth-order valence-corrected chi connectivity index (χ4v) is 4.10. The highest BCUT2D eigenvalue weighted by atomic mass is 32.2. The summed E-state index contributed by atoms with van der Waals surface area (Å²) in [6.45, 7) is 8.34. The first-order valence-electron chi connectivity index (χ1n) is 8.43. The van der Waals surface area contributed by atoms with Gasteiger partial charge in [-0.25, -0.2) is 4.72 Å². The molecule has 1 aliphatic heterocycles. The molecule has 1 aromatic rings. The lowest BCUT2D eigenvalue weighted by Gasteiger charge is -2.37. The zero-order chi connectivity index (χ0) is 16.9. The summed E-state index contributed by atoms with van der Waals surface area (Å²) in [6, 6.07) is 10.1. The van der Waals surface area contributed by atoms with E-state index in [4.69, 9.17) is 0 Å². The van der Waals surface area contributed by atoms with Crippen LogP contribution in [0.1, 0.15) is 45.2 Å². The third kappa shape index (κ3) is 5.88. The Labute approximate surface area is 140 Å². The maximum absolute atomic E-state index is 12.1. The maximum Gasteiger partial charge on any atom is 0.277 e. The number of nitrogens with zero attached hydrogens (tertiary/aromatic N) is 1. The van der Waals surface area contributed by atoms with E-state index in [0.29, 0.717) is 6.54 Å². The minimum absolute atomic E-state index is 0.0763. The molecule has 0 aromatic heterocycles. The van der Waals surface area contributed by atoms with Crippen molar-refractivity contribution in [2.24, 2.45) is 5.92 Å². The average Bonchev–Trinajstić information content (AvgIpc) is 2.49. The molecule has 0 radical (unpaired) electrons. The summed E-state index contributed by atoms with van der Waals surface area (Å²) in [5.41, 5.74) is 1.16. The zero-order valence-electron chi connectivity index (χ0n) is 14.3. The quantitative estimate of drug-likeness (QED) is 0.801. The smallest absolute Gasteiger partial charge is 0.277 e. The van der Waals surface area contributed by atoms with Crippen LogP contribution in [-0.2, 0) is 10.2 Å². The second-order valence-corrected chi connectivity index (χ2v) is 8.30. The zero-order valence-corrected chi connectivity index (χ0v) is 15.1. The summed E-state index contributed by atoms with van der Waals surface area (Å²) >= 11 is 0. The topological polar surface area (TPSA) is 61.4 Å². The van der Waals surface area contributed by atoms with Crippen LogP contribution in [0.25, 0.3) is 0 Å². The van der Waals surface area contributed by atoms with Crippen LogP contribution in [0.4, 0.5) is 0 Å². The van der Waals surface area contributed by atoms with Crippen molar-refractivity contribution in [3.05, 3.63) is 35.9 Å². The van der Waals surface area contributed by atoms with Gasteiger partial charge in [-0.15, -0.1) is 0 Å². The van der Waals surface area contributed by atoms with E-state index in [9.17, 15) is 8.42 Å². The fraction of sp³-hybridized carbons (Fsp3) is 0.647. The molecule has 1 aliphatic rings. The van der Waals surface area contributed by atoms with Gasteiger partial charge in [-0.3, -0.25) is 4.90 Å². The SMILES string of the molecule is CC1CCN(C(CNS(=O)(=O)NC(C)C)c2ccccc2)CC1. The van der Waals surface area contributed by atoms with Crippen molar-refractivity contribution in [2.45, 2.75) is 45.7 Å². The largest absolute Gasteiger partial charge is 0.295 e. The van der Waals surface area contributed by atoms with Crippen LogP contribution in [0.3, 0.4) is 0 Å². The van der Waals surface area contributed by atoms with Gasteiger partial charge < -0.3 is 0 Å². The summed E-state index contributed by atoms with van der Waals surface area (Å²) < 4.78 is 29.4. The molecule has 1 fully saturated rings. The Morgan fingerprint density at radius 2 is 1.78 bits per heavy atom. The van der Waals surface area contributed by atoms with Gasteiger partial charge in [0.05, 0.1) is 0 Å². The normalized spacial score (nSPS) is 19.1. The molecule has 2 rings (SSSR count). The number of benzene rings is 1. The molecule has 0 amide bonds. The molecule has 0 bridgehead atoms. The van der Waals surface area contributed by atoms with E-state index in [2.05, 4.69) is 33.4 Å². The van der Waals surface area contributed by atoms with Gasteiger partial charge in [-0.2, -0.15) is 13.1 Å². The first kappa shape index (κ1) is 18.4. The number of hydrogen-bond acceptors (Lipinski definition) is 3. The van der Waals surface area contributed by atoms with Gasteiger partial charge in [0.1, 0.15) is 0 Å². The lowest BCUT2D eigenvalue weighted by molar-refractivity contribution is 0.139. The summed E-state index contributed by atoms with van der Waals surface area (Å²) in [4.78, 5) is 2.40. The minimum Gasteiger partial charge on any atom is -0.295 e. The van der Waals surface area contributed by atoms with Gasteiger partial charge in [-0.1, -0.05) is 37.3 Å². The minimum atomic E-state index is -3.46. The third-order valence-corrected chi connectivity index (χ3v) is 5.63. The molecule has 2 N–H and O–H groups in total. The molecule has 1 atom stereocenters. The monoisotopic (exact) mass is 339 g/mol. The van der Waals surface area contributed by atoms with Crippen LogP contribution in [0.2, 0.25) is 0 Å². The Kier molecular flexibility index (Phi) is 6.59. The number of likely N-dealkylation sites (tertiary alicyclic amines) is 1. The highest BCUT2D eigenvalue weighted by Gasteiger charge is 2.26. The van der Waals surface area contributed by atoms with Crippen LogP contribution in [-0.4, -0.2) is 39.0 Å². The van der Waals surface area contributed by atoms with Crippen molar-refractivity contribution in [3.8, 4) is 0 Å².